The first-order valence-corrected chi connectivity index (χ1v) is 5.38. The van der Waals surface area contributed by atoms with Gasteiger partial charge in [0.1, 0.15) is 0 Å². The van der Waals surface area contributed by atoms with Crippen molar-refractivity contribution in [2.24, 2.45) is 0 Å². The van der Waals surface area contributed by atoms with Gasteiger partial charge in [0.25, 0.3) is 0 Å². The first-order valence-electron chi connectivity index (χ1n) is 5.38. The second-order valence-electron chi connectivity index (χ2n) is 3.83. The first kappa shape index (κ1) is 10.7. The van der Waals surface area contributed by atoms with Crippen molar-refractivity contribution < 1.29 is 0 Å². The highest BCUT2D eigenvalue weighted by Crippen LogP contribution is 2.26. The topological polar surface area (TPSA) is 15.3 Å². The summed E-state index contributed by atoms with van der Waals surface area (Å²) in [6, 6.07) is 0.882. The van der Waals surface area contributed by atoms with Crippen LogP contribution in [0.25, 0.3) is 0 Å². The summed E-state index contributed by atoms with van der Waals surface area (Å²) < 4.78 is 0. The molecule has 13 heavy (non-hydrogen) atoms. The molecule has 1 aliphatic carbocycles. The Morgan fingerprint density at radius 1 is 1.46 bits per heavy atom. The molecule has 0 aromatic heterocycles. The quantitative estimate of drug-likeness (QED) is 0.453. The average Bonchev–Trinajstić information content (AvgIpc) is 2.93. The Hall–Kier alpha value is -0.340. The maximum Gasteiger partial charge on any atom is 0.0163 e. The Kier molecular flexibility index (Phi) is 5.09. The molecule has 0 amide bonds. The molecule has 0 radical (unpaired) electrons. The van der Waals surface area contributed by atoms with Crippen molar-refractivity contribution in [1.82, 2.24) is 10.2 Å². The number of rotatable bonds is 8. The van der Waals surface area contributed by atoms with Crippen LogP contribution in [0.3, 0.4) is 0 Å². The smallest absolute Gasteiger partial charge is 0.0163 e. The van der Waals surface area contributed by atoms with E-state index in [0.717, 1.165) is 19.1 Å². The lowest BCUT2D eigenvalue weighted by Crippen LogP contribution is -2.27. The summed E-state index contributed by atoms with van der Waals surface area (Å²) in [5.74, 6) is 0. The van der Waals surface area contributed by atoms with E-state index < -0.39 is 0 Å². The second-order valence-corrected chi connectivity index (χ2v) is 3.83. The summed E-state index contributed by atoms with van der Waals surface area (Å²) in [5, 5.41) is 3.18. The molecule has 2 nitrogen and oxygen atoms in total. The van der Waals surface area contributed by atoms with E-state index in [-0.39, 0.29) is 0 Å². The van der Waals surface area contributed by atoms with Crippen LogP contribution >= 0.6 is 0 Å². The zero-order valence-electron chi connectivity index (χ0n) is 8.76. The molecule has 0 bridgehead atoms. The van der Waals surface area contributed by atoms with E-state index >= 15 is 0 Å². The predicted molar refractivity (Wildman–Crippen MR) is 58.0 cm³/mol. The van der Waals surface area contributed by atoms with Crippen LogP contribution in [0, 0.1) is 0 Å². The number of nitrogens with one attached hydrogen (secondary N) is 1. The molecule has 76 valence electrons. The van der Waals surface area contributed by atoms with Crippen molar-refractivity contribution in [2.75, 3.05) is 26.7 Å². The van der Waals surface area contributed by atoms with Crippen molar-refractivity contribution in [1.29, 1.82) is 0 Å². The third-order valence-corrected chi connectivity index (χ3v) is 2.55. The molecule has 0 aromatic rings. The van der Waals surface area contributed by atoms with Gasteiger partial charge in [0.15, 0.2) is 0 Å². The third-order valence-electron chi connectivity index (χ3n) is 2.55. The van der Waals surface area contributed by atoms with Crippen LogP contribution < -0.4 is 5.32 Å². The lowest BCUT2D eigenvalue weighted by Gasteiger charge is -2.19. The van der Waals surface area contributed by atoms with Gasteiger partial charge in [-0.1, -0.05) is 6.08 Å². The summed E-state index contributed by atoms with van der Waals surface area (Å²) in [4.78, 5) is 2.56. The molecular weight excluding hydrogens is 160 g/mol. The highest BCUT2D eigenvalue weighted by atomic mass is 15.2. The van der Waals surface area contributed by atoms with E-state index in [9.17, 15) is 0 Å². The van der Waals surface area contributed by atoms with Crippen molar-refractivity contribution in [3.63, 3.8) is 0 Å². The molecule has 0 aromatic carbocycles. The number of nitrogens with zero attached hydrogens (tertiary/aromatic N) is 1. The van der Waals surface area contributed by atoms with E-state index in [1.54, 1.807) is 0 Å². The Morgan fingerprint density at radius 3 is 2.77 bits per heavy atom. The molecular formula is C11H22N2. The summed E-state index contributed by atoms with van der Waals surface area (Å²) in [6.07, 6.45) is 7.43. The van der Waals surface area contributed by atoms with Gasteiger partial charge in [-0.3, -0.25) is 4.90 Å². The van der Waals surface area contributed by atoms with E-state index in [2.05, 4.69) is 16.8 Å². The maximum atomic E-state index is 3.80. The Balaban J connectivity index is 2.03. The minimum Gasteiger partial charge on any atom is -0.320 e. The van der Waals surface area contributed by atoms with Gasteiger partial charge in [-0.15, -0.1) is 6.58 Å². The van der Waals surface area contributed by atoms with Gasteiger partial charge in [0.05, 0.1) is 0 Å². The summed E-state index contributed by atoms with van der Waals surface area (Å²) in [5.41, 5.74) is 0. The lowest BCUT2D eigenvalue weighted by atomic mass is 10.3. The maximum absolute atomic E-state index is 3.80. The van der Waals surface area contributed by atoms with Crippen LogP contribution in [0.15, 0.2) is 12.7 Å². The van der Waals surface area contributed by atoms with Crippen LogP contribution in [-0.4, -0.2) is 37.6 Å². The molecule has 0 heterocycles. The minimum atomic E-state index is 0.882. The highest BCUT2D eigenvalue weighted by molar-refractivity contribution is 4.87. The van der Waals surface area contributed by atoms with E-state index in [1.807, 2.05) is 13.1 Å². The molecule has 0 aliphatic heterocycles. The molecule has 0 saturated heterocycles. The van der Waals surface area contributed by atoms with Crippen LogP contribution in [0.5, 0.6) is 0 Å². The summed E-state index contributed by atoms with van der Waals surface area (Å²) in [6.45, 7) is 7.27. The zero-order chi connectivity index (χ0) is 9.52. The zero-order valence-corrected chi connectivity index (χ0v) is 8.76. The molecule has 1 fully saturated rings. The predicted octanol–water partition coefficient (Wildman–Crippen LogP) is 1.64. The monoisotopic (exact) mass is 182 g/mol. The normalized spacial score (nSPS) is 16.5. The highest BCUT2D eigenvalue weighted by Gasteiger charge is 2.27. The van der Waals surface area contributed by atoms with Gasteiger partial charge < -0.3 is 5.32 Å². The van der Waals surface area contributed by atoms with Crippen molar-refractivity contribution >= 4 is 0 Å². The number of unbranched alkanes of at least 4 members (excludes halogenated alkanes) is 1. The van der Waals surface area contributed by atoms with Gasteiger partial charge in [-0.25, -0.2) is 0 Å². The lowest BCUT2D eigenvalue weighted by molar-refractivity contribution is 0.285. The molecule has 1 aliphatic rings. The molecule has 2 heteroatoms. The van der Waals surface area contributed by atoms with Gasteiger partial charge in [0, 0.05) is 12.6 Å². The molecule has 0 spiro atoms. The Bertz CT molecular complexity index is 141. The van der Waals surface area contributed by atoms with E-state index in [1.165, 1.54) is 32.2 Å². The van der Waals surface area contributed by atoms with Crippen molar-refractivity contribution in [3.8, 4) is 0 Å². The SMILES string of the molecule is C=CCN(CCCCNC)C1CC1. The van der Waals surface area contributed by atoms with Crippen LogP contribution in [-0.2, 0) is 0 Å². The first-order chi connectivity index (χ1) is 6.38. The molecule has 0 atom stereocenters. The fraction of sp³-hybridized carbons (Fsp3) is 0.818. The van der Waals surface area contributed by atoms with Gasteiger partial charge in [-0.05, 0) is 45.8 Å². The largest absolute Gasteiger partial charge is 0.320 e. The van der Waals surface area contributed by atoms with Crippen LogP contribution in [0.2, 0.25) is 0 Å². The Labute approximate surface area is 82.0 Å². The standard InChI is InChI=1S/C11H22N2/c1-3-9-13(11-6-7-11)10-5-4-8-12-2/h3,11-12H,1,4-10H2,2H3. The molecule has 1 N–H and O–H groups in total. The number of hydrogen-bond donors (Lipinski definition) is 1. The minimum absolute atomic E-state index is 0.882. The average molecular weight is 182 g/mol. The van der Waals surface area contributed by atoms with Crippen LogP contribution in [0.4, 0.5) is 0 Å². The van der Waals surface area contributed by atoms with Crippen molar-refractivity contribution in [3.05, 3.63) is 12.7 Å². The second kappa shape index (κ2) is 6.17. The molecule has 1 rings (SSSR count). The molecule has 1 saturated carbocycles. The fourth-order valence-electron chi connectivity index (χ4n) is 1.65. The van der Waals surface area contributed by atoms with E-state index in [4.69, 9.17) is 0 Å². The van der Waals surface area contributed by atoms with Crippen molar-refractivity contribution in [2.45, 2.75) is 31.7 Å². The Morgan fingerprint density at radius 2 is 2.23 bits per heavy atom. The van der Waals surface area contributed by atoms with E-state index in [0.29, 0.717) is 0 Å². The van der Waals surface area contributed by atoms with Gasteiger partial charge >= 0.3 is 0 Å². The third kappa shape index (κ3) is 4.44. The van der Waals surface area contributed by atoms with Gasteiger partial charge in [-0.2, -0.15) is 0 Å². The van der Waals surface area contributed by atoms with Gasteiger partial charge in [0.2, 0.25) is 0 Å². The molecule has 0 unspecified atom stereocenters. The summed E-state index contributed by atoms with van der Waals surface area (Å²) in [7, 11) is 2.02. The summed E-state index contributed by atoms with van der Waals surface area (Å²) >= 11 is 0. The number of hydrogen-bond acceptors (Lipinski definition) is 2. The fourth-order valence-corrected chi connectivity index (χ4v) is 1.65. The van der Waals surface area contributed by atoms with Crippen LogP contribution in [0.1, 0.15) is 25.7 Å².